The largest absolute Gasteiger partial charge is 0.341 e. The molecule has 1 aromatic carbocycles. The zero-order valence-corrected chi connectivity index (χ0v) is 13.7. The maximum absolute atomic E-state index is 4.74. The minimum atomic E-state index is 0.860. The number of imidazole rings is 1. The summed E-state index contributed by atoms with van der Waals surface area (Å²) < 4.78 is 1.20. The molecule has 0 bridgehead atoms. The maximum atomic E-state index is 4.74. The van der Waals surface area contributed by atoms with Crippen LogP contribution in [0.1, 0.15) is 17.1 Å². The van der Waals surface area contributed by atoms with Crippen molar-refractivity contribution in [3.63, 3.8) is 0 Å². The smallest absolute Gasteiger partial charge is 0.121 e. The van der Waals surface area contributed by atoms with Gasteiger partial charge < -0.3 is 4.98 Å². The van der Waals surface area contributed by atoms with Crippen molar-refractivity contribution < 1.29 is 0 Å². The molecule has 1 N–H and O–H groups in total. The maximum Gasteiger partial charge on any atom is 0.121 e. The summed E-state index contributed by atoms with van der Waals surface area (Å²) in [6.07, 6.45) is 2.91. The molecular weight excluding hydrogens is 375 g/mol. The van der Waals surface area contributed by atoms with Crippen molar-refractivity contribution in [1.82, 2.24) is 19.9 Å². The molecule has 5 heteroatoms. The van der Waals surface area contributed by atoms with Gasteiger partial charge in [-0.2, -0.15) is 0 Å². The molecule has 4 nitrogen and oxygen atoms in total. The quantitative estimate of drug-likeness (QED) is 0.684. The van der Waals surface area contributed by atoms with Gasteiger partial charge in [-0.3, -0.25) is 9.88 Å². The van der Waals surface area contributed by atoms with Crippen LogP contribution in [-0.2, 0) is 19.5 Å². The molecule has 0 amide bonds. The second kappa shape index (κ2) is 5.38. The molecule has 0 unspecified atom stereocenters. The van der Waals surface area contributed by atoms with Crippen molar-refractivity contribution in [3.05, 3.63) is 57.2 Å². The lowest BCUT2D eigenvalue weighted by Gasteiger charge is -2.27. The molecule has 0 spiro atoms. The first kappa shape index (κ1) is 13.2. The SMILES string of the molecule is Ic1cccc2[nH]c(CN3CCc4ncccc4C3)nc12. The Bertz CT molecular complexity index is 796. The average molecular weight is 390 g/mol. The van der Waals surface area contributed by atoms with Crippen LogP contribution in [0.4, 0.5) is 0 Å². The number of hydrogen-bond donors (Lipinski definition) is 1. The van der Waals surface area contributed by atoms with Crippen molar-refractivity contribution in [3.8, 4) is 0 Å². The molecule has 0 aliphatic carbocycles. The van der Waals surface area contributed by atoms with Crippen molar-refractivity contribution in [2.45, 2.75) is 19.5 Å². The van der Waals surface area contributed by atoms with Crippen LogP contribution in [0.3, 0.4) is 0 Å². The predicted octanol–water partition coefficient (Wildman–Crippen LogP) is 3.12. The lowest BCUT2D eigenvalue weighted by molar-refractivity contribution is 0.238. The van der Waals surface area contributed by atoms with Gasteiger partial charge in [0.1, 0.15) is 11.3 Å². The monoisotopic (exact) mass is 390 g/mol. The fourth-order valence-corrected chi connectivity index (χ4v) is 3.51. The molecule has 1 aliphatic heterocycles. The molecule has 3 aromatic rings. The van der Waals surface area contributed by atoms with E-state index in [4.69, 9.17) is 4.98 Å². The average Bonchev–Trinajstić information content (AvgIpc) is 2.91. The molecule has 3 heterocycles. The molecule has 0 saturated heterocycles. The summed E-state index contributed by atoms with van der Waals surface area (Å²) in [4.78, 5) is 15.1. The Kier molecular flexibility index (Phi) is 3.39. The van der Waals surface area contributed by atoms with Crippen LogP contribution in [0.15, 0.2) is 36.5 Å². The summed E-state index contributed by atoms with van der Waals surface area (Å²) in [6.45, 7) is 2.86. The molecule has 0 radical (unpaired) electrons. The van der Waals surface area contributed by atoms with Crippen molar-refractivity contribution >= 4 is 33.6 Å². The number of nitrogens with one attached hydrogen (secondary N) is 1. The first-order valence-electron chi connectivity index (χ1n) is 7.08. The third-order valence-corrected chi connectivity index (χ3v) is 4.80. The summed E-state index contributed by atoms with van der Waals surface area (Å²) in [5.41, 5.74) is 4.78. The van der Waals surface area contributed by atoms with Gasteiger partial charge in [0, 0.05) is 35.0 Å². The number of hydrogen-bond acceptors (Lipinski definition) is 3. The fraction of sp³-hybridized carbons (Fsp3) is 0.250. The van der Waals surface area contributed by atoms with Crippen LogP contribution in [0.2, 0.25) is 0 Å². The highest BCUT2D eigenvalue weighted by molar-refractivity contribution is 14.1. The lowest BCUT2D eigenvalue weighted by atomic mass is 10.1. The van der Waals surface area contributed by atoms with Crippen LogP contribution in [0, 0.1) is 3.57 Å². The van der Waals surface area contributed by atoms with Crippen molar-refractivity contribution in [1.29, 1.82) is 0 Å². The molecule has 106 valence electrons. The Balaban J connectivity index is 1.57. The van der Waals surface area contributed by atoms with E-state index >= 15 is 0 Å². The van der Waals surface area contributed by atoms with E-state index in [1.807, 2.05) is 12.3 Å². The van der Waals surface area contributed by atoms with E-state index in [1.54, 1.807) is 0 Å². The van der Waals surface area contributed by atoms with Gasteiger partial charge in [-0.05, 0) is 46.4 Å². The Morgan fingerprint density at radius 3 is 3.10 bits per heavy atom. The highest BCUT2D eigenvalue weighted by Crippen LogP contribution is 2.21. The normalized spacial score (nSPS) is 15.3. The van der Waals surface area contributed by atoms with Gasteiger partial charge in [0.2, 0.25) is 0 Å². The Morgan fingerprint density at radius 2 is 2.19 bits per heavy atom. The van der Waals surface area contributed by atoms with Crippen LogP contribution in [0.5, 0.6) is 0 Å². The standard InChI is InChI=1S/C16H15IN4/c17-12-4-1-5-14-16(12)20-15(19-14)10-21-8-6-13-11(9-21)3-2-7-18-13/h1-5,7H,6,8-10H2,(H,19,20). The first-order chi connectivity index (χ1) is 10.3. The van der Waals surface area contributed by atoms with E-state index < -0.39 is 0 Å². The third kappa shape index (κ3) is 2.55. The molecule has 2 aromatic heterocycles. The van der Waals surface area contributed by atoms with Gasteiger partial charge in [0.05, 0.1) is 12.1 Å². The van der Waals surface area contributed by atoms with E-state index in [1.165, 1.54) is 14.8 Å². The van der Waals surface area contributed by atoms with Crippen LogP contribution in [-0.4, -0.2) is 26.4 Å². The number of aromatic nitrogens is 3. The van der Waals surface area contributed by atoms with Crippen molar-refractivity contribution in [2.24, 2.45) is 0 Å². The fourth-order valence-electron chi connectivity index (χ4n) is 2.89. The van der Waals surface area contributed by atoms with Gasteiger partial charge in [-0.1, -0.05) is 12.1 Å². The number of rotatable bonds is 2. The van der Waals surface area contributed by atoms with Crippen LogP contribution in [0.25, 0.3) is 11.0 Å². The van der Waals surface area contributed by atoms with E-state index in [0.29, 0.717) is 0 Å². The van der Waals surface area contributed by atoms with Gasteiger partial charge in [-0.15, -0.1) is 0 Å². The molecule has 0 fully saturated rings. The van der Waals surface area contributed by atoms with E-state index in [9.17, 15) is 0 Å². The number of aromatic amines is 1. The van der Waals surface area contributed by atoms with Crippen LogP contribution < -0.4 is 0 Å². The second-order valence-electron chi connectivity index (χ2n) is 5.39. The number of benzene rings is 1. The first-order valence-corrected chi connectivity index (χ1v) is 8.16. The number of pyridine rings is 1. The summed E-state index contributed by atoms with van der Waals surface area (Å²) >= 11 is 2.34. The Morgan fingerprint density at radius 1 is 1.24 bits per heavy atom. The van der Waals surface area contributed by atoms with E-state index in [2.05, 4.69) is 61.7 Å². The minimum Gasteiger partial charge on any atom is -0.341 e. The number of para-hydroxylation sites is 1. The van der Waals surface area contributed by atoms with Crippen LogP contribution >= 0.6 is 22.6 Å². The Labute approximate surface area is 136 Å². The molecular formula is C16H15IN4. The number of H-pyrrole nitrogens is 1. The molecule has 1 aliphatic rings. The predicted molar refractivity (Wildman–Crippen MR) is 90.9 cm³/mol. The van der Waals surface area contributed by atoms with Crippen molar-refractivity contribution in [2.75, 3.05) is 6.54 Å². The molecule has 21 heavy (non-hydrogen) atoms. The third-order valence-electron chi connectivity index (χ3n) is 3.93. The highest BCUT2D eigenvalue weighted by Gasteiger charge is 2.18. The number of halogens is 1. The Hall–Kier alpha value is -1.47. The van der Waals surface area contributed by atoms with Gasteiger partial charge in [0.25, 0.3) is 0 Å². The molecule has 0 saturated carbocycles. The summed E-state index contributed by atoms with van der Waals surface area (Å²) in [5.74, 6) is 1.04. The summed E-state index contributed by atoms with van der Waals surface area (Å²) in [5, 5.41) is 0. The topological polar surface area (TPSA) is 44.8 Å². The number of fused-ring (bicyclic) bond motifs is 2. The summed E-state index contributed by atoms with van der Waals surface area (Å²) in [7, 11) is 0. The van der Waals surface area contributed by atoms with E-state index in [-0.39, 0.29) is 0 Å². The summed E-state index contributed by atoms with van der Waals surface area (Å²) in [6, 6.07) is 10.4. The second-order valence-corrected chi connectivity index (χ2v) is 6.55. The van der Waals surface area contributed by atoms with Gasteiger partial charge in [0.15, 0.2) is 0 Å². The zero-order chi connectivity index (χ0) is 14.2. The van der Waals surface area contributed by atoms with E-state index in [0.717, 1.165) is 42.9 Å². The van der Waals surface area contributed by atoms with Gasteiger partial charge >= 0.3 is 0 Å². The van der Waals surface area contributed by atoms with Gasteiger partial charge in [-0.25, -0.2) is 4.98 Å². The molecule has 0 atom stereocenters. The number of nitrogens with zero attached hydrogens (tertiary/aromatic N) is 3. The minimum absolute atomic E-state index is 0.860. The lowest BCUT2D eigenvalue weighted by Crippen LogP contribution is -2.30. The zero-order valence-electron chi connectivity index (χ0n) is 11.5. The molecule has 4 rings (SSSR count). The highest BCUT2D eigenvalue weighted by atomic mass is 127.